The van der Waals surface area contributed by atoms with E-state index in [4.69, 9.17) is 5.73 Å². The molecule has 106 valence electrons. The molecule has 1 amide bonds. The number of hydrogen-bond donors (Lipinski definition) is 3. The van der Waals surface area contributed by atoms with Crippen molar-refractivity contribution in [3.05, 3.63) is 23.5 Å². The number of fused-ring (bicyclic) bond motifs is 1. The largest absolute Gasteiger partial charge is 0.349 e. The Labute approximate surface area is 117 Å². The normalized spacial score (nSPS) is 22.9. The molecule has 0 aliphatic heterocycles. The highest BCUT2D eigenvalue weighted by atomic mass is 16.1. The van der Waals surface area contributed by atoms with E-state index in [9.17, 15) is 4.79 Å². The summed E-state index contributed by atoms with van der Waals surface area (Å²) in [6.45, 7) is 1.92. The summed E-state index contributed by atoms with van der Waals surface area (Å²) in [5, 5.41) is 10.9. The predicted octanol–water partition coefficient (Wildman–Crippen LogP) is 1.27. The number of amides is 1. The standard InChI is InChI=1S/C14H19N5O/c1-8-12-6-9(7-16-13(12)19-18-8)14(20)17-11-4-2-10(15)3-5-11/h6-7,10-11H,2-5,15H2,1H3,(H,17,20)(H,16,18,19). The molecule has 6 heteroatoms. The number of rotatable bonds is 2. The summed E-state index contributed by atoms with van der Waals surface area (Å²) in [4.78, 5) is 16.5. The third-order valence-corrected chi connectivity index (χ3v) is 3.97. The summed E-state index contributed by atoms with van der Waals surface area (Å²) >= 11 is 0. The van der Waals surface area contributed by atoms with E-state index in [1.807, 2.05) is 13.0 Å². The number of H-pyrrole nitrogens is 1. The molecule has 0 aromatic carbocycles. The van der Waals surface area contributed by atoms with Gasteiger partial charge in [0.2, 0.25) is 0 Å². The van der Waals surface area contributed by atoms with Gasteiger partial charge in [-0.25, -0.2) is 4.98 Å². The predicted molar refractivity (Wildman–Crippen MR) is 76.3 cm³/mol. The smallest absolute Gasteiger partial charge is 0.253 e. The zero-order valence-corrected chi connectivity index (χ0v) is 11.5. The quantitative estimate of drug-likeness (QED) is 0.767. The molecule has 0 spiro atoms. The minimum atomic E-state index is -0.0690. The average molecular weight is 273 g/mol. The van der Waals surface area contributed by atoms with Crippen LogP contribution in [0.25, 0.3) is 11.0 Å². The highest BCUT2D eigenvalue weighted by Gasteiger charge is 2.21. The maximum atomic E-state index is 12.3. The number of carbonyl (C=O) groups excluding carboxylic acids is 1. The van der Waals surface area contributed by atoms with Gasteiger partial charge in [0.05, 0.1) is 5.56 Å². The van der Waals surface area contributed by atoms with Crippen molar-refractivity contribution in [3.63, 3.8) is 0 Å². The zero-order valence-electron chi connectivity index (χ0n) is 11.5. The molecule has 1 saturated carbocycles. The van der Waals surface area contributed by atoms with Crippen LogP contribution in [-0.4, -0.2) is 33.2 Å². The Kier molecular flexibility index (Phi) is 3.40. The van der Waals surface area contributed by atoms with Gasteiger partial charge in [0.15, 0.2) is 5.65 Å². The van der Waals surface area contributed by atoms with Crippen LogP contribution in [0.3, 0.4) is 0 Å². The van der Waals surface area contributed by atoms with Crippen LogP contribution in [0.15, 0.2) is 12.3 Å². The van der Waals surface area contributed by atoms with E-state index >= 15 is 0 Å². The van der Waals surface area contributed by atoms with Crippen LogP contribution < -0.4 is 11.1 Å². The fourth-order valence-electron chi connectivity index (χ4n) is 2.68. The van der Waals surface area contributed by atoms with Gasteiger partial charge in [-0.3, -0.25) is 9.89 Å². The molecule has 1 aliphatic carbocycles. The molecular weight excluding hydrogens is 254 g/mol. The average Bonchev–Trinajstić information content (AvgIpc) is 2.82. The highest BCUT2D eigenvalue weighted by molar-refractivity contribution is 5.97. The lowest BCUT2D eigenvalue weighted by molar-refractivity contribution is 0.0925. The van der Waals surface area contributed by atoms with Crippen LogP contribution in [0.4, 0.5) is 0 Å². The van der Waals surface area contributed by atoms with E-state index in [1.165, 1.54) is 0 Å². The molecule has 0 saturated heterocycles. The number of nitrogens with one attached hydrogen (secondary N) is 2. The number of aryl methyl sites for hydroxylation is 1. The lowest BCUT2D eigenvalue weighted by Gasteiger charge is -2.26. The van der Waals surface area contributed by atoms with Crippen molar-refractivity contribution >= 4 is 16.9 Å². The van der Waals surface area contributed by atoms with E-state index in [2.05, 4.69) is 20.5 Å². The van der Waals surface area contributed by atoms with Crippen LogP contribution in [0, 0.1) is 6.92 Å². The highest BCUT2D eigenvalue weighted by Crippen LogP contribution is 2.18. The van der Waals surface area contributed by atoms with Gasteiger partial charge in [-0.1, -0.05) is 0 Å². The molecule has 20 heavy (non-hydrogen) atoms. The van der Waals surface area contributed by atoms with Crippen LogP contribution >= 0.6 is 0 Å². The van der Waals surface area contributed by atoms with Crippen LogP contribution in [-0.2, 0) is 0 Å². The summed E-state index contributed by atoms with van der Waals surface area (Å²) in [6, 6.07) is 2.35. The van der Waals surface area contributed by atoms with Crippen molar-refractivity contribution in [1.29, 1.82) is 0 Å². The number of aromatic amines is 1. The second-order valence-electron chi connectivity index (χ2n) is 5.53. The maximum absolute atomic E-state index is 12.3. The van der Waals surface area contributed by atoms with Crippen LogP contribution in [0.5, 0.6) is 0 Å². The van der Waals surface area contributed by atoms with Gasteiger partial charge in [0.25, 0.3) is 5.91 Å². The van der Waals surface area contributed by atoms with Crippen LogP contribution in [0.1, 0.15) is 41.7 Å². The second kappa shape index (κ2) is 5.20. The molecule has 6 nitrogen and oxygen atoms in total. The zero-order chi connectivity index (χ0) is 14.1. The van der Waals surface area contributed by atoms with E-state index in [-0.39, 0.29) is 18.0 Å². The van der Waals surface area contributed by atoms with Gasteiger partial charge >= 0.3 is 0 Å². The molecule has 2 heterocycles. The first-order chi connectivity index (χ1) is 9.63. The molecule has 2 aromatic heterocycles. The third kappa shape index (κ3) is 2.51. The van der Waals surface area contributed by atoms with E-state index < -0.39 is 0 Å². The van der Waals surface area contributed by atoms with Crippen LogP contribution in [0.2, 0.25) is 0 Å². The maximum Gasteiger partial charge on any atom is 0.253 e. The molecule has 0 atom stereocenters. The van der Waals surface area contributed by atoms with Crippen molar-refractivity contribution in [1.82, 2.24) is 20.5 Å². The Morgan fingerprint density at radius 1 is 1.40 bits per heavy atom. The Bertz CT molecular complexity index is 628. The Morgan fingerprint density at radius 2 is 2.15 bits per heavy atom. The molecule has 3 rings (SSSR count). The Morgan fingerprint density at radius 3 is 2.90 bits per heavy atom. The Balaban J connectivity index is 1.73. The van der Waals surface area contributed by atoms with Gasteiger partial charge in [-0.2, -0.15) is 5.10 Å². The first-order valence-corrected chi connectivity index (χ1v) is 7.00. The fourth-order valence-corrected chi connectivity index (χ4v) is 2.68. The van der Waals surface area contributed by atoms with Crippen molar-refractivity contribution < 1.29 is 4.79 Å². The number of carbonyl (C=O) groups is 1. The lowest BCUT2D eigenvalue weighted by atomic mass is 9.91. The summed E-state index contributed by atoms with van der Waals surface area (Å²) in [5.41, 5.74) is 8.02. The number of nitrogens with zero attached hydrogens (tertiary/aromatic N) is 2. The van der Waals surface area contributed by atoms with Gasteiger partial charge < -0.3 is 11.1 Å². The minimum absolute atomic E-state index is 0.0690. The van der Waals surface area contributed by atoms with Gasteiger partial charge in [-0.15, -0.1) is 0 Å². The first kappa shape index (κ1) is 13.1. The second-order valence-corrected chi connectivity index (χ2v) is 5.53. The molecule has 1 fully saturated rings. The topological polar surface area (TPSA) is 96.7 Å². The summed E-state index contributed by atoms with van der Waals surface area (Å²) < 4.78 is 0. The summed E-state index contributed by atoms with van der Waals surface area (Å²) in [5.74, 6) is -0.0690. The number of nitrogens with two attached hydrogens (primary N) is 1. The monoisotopic (exact) mass is 273 g/mol. The van der Waals surface area contributed by atoms with Gasteiger partial charge in [0.1, 0.15) is 0 Å². The molecule has 0 bridgehead atoms. The van der Waals surface area contributed by atoms with Crippen molar-refractivity contribution in [2.24, 2.45) is 5.73 Å². The fraction of sp³-hybridized carbons (Fsp3) is 0.500. The Hall–Kier alpha value is -1.95. The lowest BCUT2D eigenvalue weighted by Crippen LogP contribution is -2.40. The minimum Gasteiger partial charge on any atom is -0.349 e. The molecule has 1 aliphatic rings. The summed E-state index contributed by atoms with van der Waals surface area (Å²) in [7, 11) is 0. The molecule has 0 radical (unpaired) electrons. The molecule has 4 N–H and O–H groups in total. The van der Waals surface area contributed by atoms with Crippen molar-refractivity contribution in [3.8, 4) is 0 Å². The van der Waals surface area contributed by atoms with E-state index in [0.717, 1.165) is 36.8 Å². The van der Waals surface area contributed by atoms with E-state index in [0.29, 0.717) is 11.2 Å². The number of aromatic nitrogens is 3. The SMILES string of the molecule is Cc1[nH]nc2ncc(C(=O)NC3CCC(N)CC3)cc12. The third-order valence-electron chi connectivity index (χ3n) is 3.97. The van der Waals surface area contributed by atoms with Crippen molar-refractivity contribution in [2.75, 3.05) is 0 Å². The number of hydrogen-bond acceptors (Lipinski definition) is 4. The van der Waals surface area contributed by atoms with Gasteiger partial charge in [-0.05, 0) is 38.7 Å². The van der Waals surface area contributed by atoms with Crippen molar-refractivity contribution in [2.45, 2.75) is 44.7 Å². The molecule has 2 aromatic rings. The summed E-state index contributed by atoms with van der Waals surface area (Å²) in [6.07, 6.45) is 5.43. The molecule has 0 unspecified atom stereocenters. The van der Waals surface area contributed by atoms with E-state index in [1.54, 1.807) is 6.20 Å². The first-order valence-electron chi connectivity index (χ1n) is 7.00. The van der Waals surface area contributed by atoms with Gasteiger partial charge in [0, 0.05) is 29.4 Å². The molecular formula is C14H19N5O. The number of pyridine rings is 1.